The van der Waals surface area contributed by atoms with E-state index in [-0.39, 0.29) is 15.5 Å². The highest BCUT2D eigenvalue weighted by molar-refractivity contribution is 7.89. The molecular formula is C26H27ClN2O3S. The van der Waals surface area contributed by atoms with E-state index >= 15 is 0 Å². The predicted molar refractivity (Wildman–Crippen MR) is 131 cm³/mol. The second-order valence-electron chi connectivity index (χ2n) is 8.28. The third-order valence-corrected chi connectivity index (χ3v) is 8.27. The van der Waals surface area contributed by atoms with Gasteiger partial charge in [-0.3, -0.25) is 4.79 Å². The van der Waals surface area contributed by atoms with Crippen LogP contribution in [0.15, 0.2) is 77.7 Å². The van der Waals surface area contributed by atoms with Crippen LogP contribution in [0.3, 0.4) is 0 Å². The van der Waals surface area contributed by atoms with E-state index < -0.39 is 22.0 Å². The molecule has 0 radical (unpaired) electrons. The highest BCUT2D eigenvalue weighted by Gasteiger charge is 2.28. The summed E-state index contributed by atoms with van der Waals surface area (Å²) in [6.45, 7) is 2.99. The standard InChI is InChI=1S/C26H27ClN2O3S/c1-19-10-6-7-13-22(19)25(20-11-4-2-5-12-20)28-26(30)23-18-21(14-15-24(23)27)33(31,32)29-16-8-3-9-17-29/h2,4-7,10-15,18,25H,3,8-9,16-17H2,1H3,(H,28,30)/t25-/m1/s1. The summed E-state index contributed by atoms with van der Waals surface area (Å²) in [5, 5.41) is 3.28. The number of nitrogens with zero attached hydrogens (tertiary/aromatic N) is 1. The van der Waals surface area contributed by atoms with Gasteiger partial charge in [-0.2, -0.15) is 4.31 Å². The summed E-state index contributed by atoms with van der Waals surface area (Å²) in [5.41, 5.74) is 3.07. The number of hydrogen-bond donors (Lipinski definition) is 1. The minimum Gasteiger partial charge on any atom is -0.341 e. The summed E-state index contributed by atoms with van der Waals surface area (Å²) in [7, 11) is -3.68. The zero-order valence-corrected chi connectivity index (χ0v) is 20.1. The average Bonchev–Trinajstić information content (AvgIpc) is 2.84. The maximum absolute atomic E-state index is 13.4. The fraction of sp³-hybridized carbons (Fsp3) is 0.269. The van der Waals surface area contributed by atoms with Gasteiger partial charge in [0, 0.05) is 13.1 Å². The van der Waals surface area contributed by atoms with Crippen molar-refractivity contribution in [2.75, 3.05) is 13.1 Å². The summed E-state index contributed by atoms with van der Waals surface area (Å²) in [5.74, 6) is -0.423. The van der Waals surface area contributed by atoms with Crippen LogP contribution in [-0.4, -0.2) is 31.7 Å². The Hall–Kier alpha value is -2.67. The van der Waals surface area contributed by atoms with Gasteiger partial charge in [0.2, 0.25) is 10.0 Å². The highest BCUT2D eigenvalue weighted by atomic mass is 35.5. The van der Waals surface area contributed by atoms with Crippen molar-refractivity contribution in [1.29, 1.82) is 0 Å². The topological polar surface area (TPSA) is 66.5 Å². The summed E-state index contributed by atoms with van der Waals surface area (Å²) >= 11 is 6.36. The van der Waals surface area contributed by atoms with E-state index in [2.05, 4.69) is 5.32 Å². The van der Waals surface area contributed by atoms with Crippen LogP contribution in [0.25, 0.3) is 0 Å². The van der Waals surface area contributed by atoms with Gasteiger partial charge in [0.15, 0.2) is 0 Å². The largest absolute Gasteiger partial charge is 0.341 e. The summed E-state index contributed by atoms with van der Waals surface area (Å²) in [6.07, 6.45) is 2.71. The SMILES string of the molecule is Cc1ccccc1[C@H](NC(=O)c1cc(S(=O)(=O)N2CCCCC2)ccc1Cl)c1ccccc1. The molecule has 0 bridgehead atoms. The second-order valence-corrected chi connectivity index (χ2v) is 10.6. The first-order chi connectivity index (χ1) is 15.9. The number of carbonyl (C=O) groups excluding carboxylic acids is 1. The number of aryl methyl sites for hydroxylation is 1. The molecule has 1 saturated heterocycles. The first-order valence-corrected chi connectivity index (χ1v) is 12.9. The van der Waals surface area contributed by atoms with Crippen LogP contribution in [0, 0.1) is 6.92 Å². The van der Waals surface area contributed by atoms with Crippen LogP contribution in [-0.2, 0) is 10.0 Å². The third kappa shape index (κ3) is 5.13. The van der Waals surface area contributed by atoms with Gasteiger partial charge >= 0.3 is 0 Å². The van der Waals surface area contributed by atoms with Crippen LogP contribution in [0.4, 0.5) is 0 Å². The van der Waals surface area contributed by atoms with E-state index in [1.807, 2.05) is 61.5 Å². The van der Waals surface area contributed by atoms with Crippen molar-refractivity contribution in [3.8, 4) is 0 Å². The number of rotatable bonds is 6. The maximum atomic E-state index is 13.4. The molecule has 1 aliphatic rings. The van der Waals surface area contributed by atoms with Gasteiger partial charge in [-0.1, -0.05) is 72.6 Å². The Kier molecular flexibility index (Phi) is 7.17. The molecule has 0 unspecified atom stereocenters. The summed E-state index contributed by atoms with van der Waals surface area (Å²) < 4.78 is 27.8. The predicted octanol–water partition coefficient (Wildman–Crippen LogP) is 5.34. The lowest BCUT2D eigenvalue weighted by Gasteiger charge is -2.26. The number of halogens is 1. The van der Waals surface area contributed by atoms with Crippen LogP contribution in [0.5, 0.6) is 0 Å². The quantitative estimate of drug-likeness (QED) is 0.515. The fourth-order valence-electron chi connectivity index (χ4n) is 4.20. The molecule has 0 spiro atoms. The lowest BCUT2D eigenvalue weighted by molar-refractivity contribution is 0.0943. The summed E-state index contributed by atoms with van der Waals surface area (Å²) in [4.78, 5) is 13.5. The molecule has 1 N–H and O–H groups in total. The van der Waals surface area contributed by atoms with Gasteiger partial charge in [-0.05, 0) is 54.7 Å². The minimum absolute atomic E-state index is 0.0890. The van der Waals surface area contributed by atoms with Crippen molar-refractivity contribution in [3.05, 3.63) is 100 Å². The Morgan fingerprint density at radius 3 is 2.30 bits per heavy atom. The molecule has 1 fully saturated rings. The number of piperidine rings is 1. The zero-order chi connectivity index (χ0) is 23.4. The minimum atomic E-state index is -3.68. The van der Waals surface area contributed by atoms with Crippen LogP contribution in [0.1, 0.15) is 52.4 Å². The molecule has 7 heteroatoms. The van der Waals surface area contributed by atoms with Crippen molar-refractivity contribution in [3.63, 3.8) is 0 Å². The second kappa shape index (κ2) is 10.1. The van der Waals surface area contributed by atoms with E-state index in [4.69, 9.17) is 11.6 Å². The number of sulfonamides is 1. The Morgan fingerprint density at radius 1 is 0.939 bits per heavy atom. The highest BCUT2D eigenvalue weighted by Crippen LogP contribution is 2.28. The van der Waals surface area contributed by atoms with E-state index in [0.717, 1.165) is 36.0 Å². The first kappa shape index (κ1) is 23.5. The third-order valence-electron chi connectivity index (χ3n) is 6.04. The normalized spacial score (nSPS) is 15.7. The molecule has 0 saturated carbocycles. The van der Waals surface area contributed by atoms with E-state index in [9.17, 15) is 13.2 Å². The number of amides is 1. The van der Waals surface area contributed by atoms with Crippen molar-refractivity contribution in [1.82, 2.24) is 9.62 Å². The van der Waals surface area contributed by atoms with Gasteiger partial charge in [-0.25, -0.2) is 8.42 Å². The molecule has 0 aliphatic carbocycles. The average molecular weight is 483 g/mol. The molecule has 5 nitrogen and oxygen atoms in total. The van der Waals surface area contributed by atoms with Crippen molar-refractivity contribution in [2.24, 2.45) is 0 Å². The first-order valence-electron chi connectivity index (χ1n) is 11.1. The van der Waals surface area contributed by atoms with Gasteiger partial charge in [0.05, 0.1) is 21.5 Å². The lowest BCUT2D eigenvalue weighted by atomic mass is 9.94. The molecule has 1 amide bonds. The van der Waals surface area contributed by atoms with Gasteiger partial charge in [-0.15, -0.1) is 0 Å². The molecule has 1 heterocycles. The molecule has 33 heavy (non-hydrogen) atoms. The van der Waals surface area contributed by atoms with Crippen LogP contribution in [0.2, 0.25) is 5.02 Å². The van der Waals surface area contributed by atoms with Crippen LogP contribution < -0.4 is 5.32 Å². The van der Waals surface area contributed by atoms with Crippen molar-refractivity contribution < 1.29 is 13.2 Å². The number of nitrogens with one attached hydrogen (secondary N) is 1. The Morgan fingerprint density at radius 2 is 1.61 bits per heavy atom. The Labute approximate surface area is 200 Å². The number of hydrogen-bond acceptors (Lipinski definition) is 3. The Bertz CT molecular complexity index is 1240. The van der Waals surface area contributed by atoms with Crippen LogP contribution >= 0.6 is 11.6 Å². The van der Waals surface area contributed by atoms with Crippen molar-refractivity contribution in [2.45, 2.75) is 37.1 Å². The summed E-state index contributed by atoms with van der Waals surface area (Å²) in [6, 6.07) is 21.5. The molecular weight excluding hydrogens is 456 g/mol. The number of carbonyl (C=O) groups is 1. The molecule has 3 aromatic carbocycles. The molecule has 0 aromatic heterocycles. The Balaban J connectivity index is 1.68. The smallest absolute Gasteiger partial charge is 0.253 e. The van der Waals surface area contributed by atoms with E-state index in [0.29, 0.717) is 13.1 Å². The molecule has 1 atom stereocenters. The van der Waals surface area contributed by atoms with Crippen molar-refractivity contribution >= 4 is 27.5 Å². The van der Waals surface area contributed by atoms with Gasteiger partial charge < -0.3 is 5.32 Å². The monoisotopic (exact) mass is 482 g/mol. The van der Waals surface area contributed by atoms with Gasteiger partial charge in [0.25, 0.3) is 5.91 Å². The molecule has 172 valence electrons. The molecule has 1 aliphatic heterocycles. The molecule has 3 aromatic rings. The lowest BCUT2D eigenvalue weighted by Crippen LogP contribution is -2.36. The maximum Gasteiger partial charge on any atom is 0.253 e. The number of benzene rings is 3. The molecule has 4 rings (SSSR count). The van der Waals surface area contributed by atoms with E-state index in [1.54, 1.807) is 0 Å². The fourth-order valence-corrected chi connectivity index (χ4v) is 5.95. The zero-order valence-electron chi connectivity index (χ0n) is 18.5. The van der Waals surface area contributed by atoms with Gasteiger partial charge in [0.1, 0.15) is 0 Å². The van der Waals surface area contributed by atoms with E-state index in [1.165, 1.54) is 22.5 Å².